The Morgan fingerprint density at radius 2 is 1.77 bits per heavy atom. The Kier molecular flexibility index (Phi) is 4.40. The number of hydrogen-bond acceptors (Lipinski definition) is 3. The highest BCUT2D eigenvalue weighted by atomic mass is 35.5. The van der Waals surface area contributed by atoms with Crippen LogP contribution in [0.5, 0.6) is 0 Å². The number of halogens is 1. The molecule has 5 rings (SSSR count). The molecule has 3 heterocycles. The molecule has 0 spiro atoms. The van der Waals surface area contributed by atoms with E-state index < -0.39 is 0 Å². The van der Waals surface area contributed by atoms with Gasteiger partial charge in [-0.05, 0) is 35.2 Å². The van der Waals surface area contributed by atoms with Crippen molar-refractivity contribution in [3.63, 3.8) is 0 Å². The fourth-order valence-electron chi connectivity index (χ4n) is 4.05. The molecule has 0 atom stereocenters. The highest BCUT2D eigenvalue weighted by Crippen LogP contribution is 2.29. The molecule has 4 aromatic rings. The van der Waals surface area contributed by atoms with Crippen LogP contribution in [-0.4, -0.2) is 34.1 Å². The van der Waals surface area contributed by atoms with Crippen LogP contribution in [-0.2, 0) is 4.79 Å². The Hall–Kier alpha value is -3.44. The fraction of sp³-hybridized carbons (Fsp3) is 0.125. The molecule has 6 heteroatoms. The predicted octanol–water partition coefficient (Wildman–Crippen LogP) is 4.19. The minimum Gasteiger partial charge on any atom is -0.331 e. The van der Waals surface area contributed by atoms with E-state index in [0.717, 1.165) is 16.3 Å². The molecule has 1 saturated heterocycles. The Labute approximate surface area is 177 Å². The van der Waals surface area contributed by atoms with E-state index in [1.807, 2.05) is 42.5 Å². The number of Topliss-reactive ketones (excluding diaryl/α,β-unsaturated/α-hetero) is 1. The molecule has 2 aromatic carbocycles. The summed E-state index contributed by atoms with van der Waals surface area (Å²) in [6.07, 6.45) is 2.04. The third-order valence-corrected chi connectivity index (χ3v) is 5.77. The number of aromatic nitrogens is 1. The number of hydrogen-bond donors (Lipinski definition) is 0. The SMILES string of the molecule is O=C1CCN(C(=O)c2cc(-c3ccccc3)c(=O)n3ccc4ccc(Cl)cc4c23)C1. The van der Waals surface area contributed by atoms with Gasteiger partial charge >= 0.3 is 0 Å². The number of fused-ring (bicyclic) bond motifs is 3. The summed E-state index contributed by atoms with van der Waals surface area (Å²) in [5.74, 6) is -0.222. The first kappa shape index (κ1) is 18.6. The van der Waals surface area contributed by atoms with Crippen molar-refractivity contribution in [1.82, 2.24) is 9.30 Å². The van der Waals surface area contributed by atoms with Gasteiger partial charge < -0.3 is 4.90 Å². The van der Waals surface area contributed by atoms with Crippen LogP contribution in [0.15, 0.2) is 71.7 Å². The van der Waals surface area contributed by atoms with Gasteiger partial charge in [0, 0.05) is 35.1 Å². The van der Waals surface area contributed by atoms with Crippen molar-refractivity contribution >= 4 is 39.6 Å². The quantitative estimate of drug-likeness (QED) is 0.460. The lowest BCUT2D eigenvalue weighted by Crippen LogP contribution is -2.30. The van der Waals surface area contributed by atoms with Crippen molar-refractivity contribution in [2.45, 2.75) is 6.42 Å². The van der Waals surface area contributed by atoms with Crippen LogP contribution in [0.3, 0.4) is 0 Å². The molecule has 1 fully saturated rings. The third-order valence-electron chi connectivity index (χ3n) is 5.54. The molecule has 0 unspecified atom stereocenters. The topological polar surface area (TPSA) is 58.9 Å². The number of amides is 1. The molecule has 0 radical (unpaired) electrons. The monoisotopic (exact) mass is 416 g/mol. The first-order valence-electron chi connectivity index (χ1n) is 9.67. The van der Waals surface area contributed by atoms with Gasteiger partial charge in [0.1, 0.15) is 0 Å². The van der Waals surface area contributed by atoms with Crippen LogP contribution in [0.2, 0.25) is 5.02 Å². The van der Waals surface area contributed by atoms with Gasteiger partial charge in [-0.2, -0.15) is 0 Å². The Morgan fingerprint density at radius 3 is 2.50 bits per heavy atom. The van der Waals surface area contributed by atoms with Crippen LogP contribution >= 0.6 is 11.6 Å². The molecule has 30 heavy (non-hydrogen) atoms. The molecule has 0 N–H and O–H groups in total. The lowest BCUT2D eigenvalue weighted by molar-refractivity contribution is -0.116. The van der Waals surface area contributed by atoms with Gasteiger partial charge in [-0.25, -0.2) is 0 Å². The van der Waals surface area contributed by atoms with E-state index in [2.05, 4.69) is 0 Å². The fourth-order valence-corrected chi connectivity index (χ4v) is 4.22. The molecule has 148 valence electrons. The van der Waals surface area contributed by atoms with Crippen molar-refractivity contribution in [2.75, 3.05) is 13.1 Å². The van der Waals surface area contributed by atoms with Crippen LogP contribution in [0.1, 0.15) is 16.8 Å². The number of nitrogens with zero attached hydrogens (tertiary/aromatic N) is 2. The van der Waals surface area contributed by atoms with E-state index >= 15 is 0 Å². The minimum atomic E-state index is -0.261. The summed E-state index contributed by atoms with van der Waals surface area (Å²) in [6, 6.07) is 18.1. The first-order valence-corrected chi connectivity index (χ1v) is 10.0. The van der Waals surface area contributed by atoms with Crippen LogP contribution in [0.25, 0.3) is 27.4 Å². The zero-order valence-corrected chi connectivity index (χ0v) is 16.7. The second-order valence-electron chi connectivity index (χ2n) is 7.42. The maximum Gasteiger partial charge on any atom is 0.263 e. The van der Waals surface area contributed by atoms with Gasteiger partial charge in [0.15, 0.2) is 5.78 Å². The van der Waals surface area contributed by atoms with E-state index in [9.17, 15) is 14.4 Å². The highest BCUT2D eigenvalue weighted by molar-refractivity contribution is 6.31. The van der Waals surface area contributed by atoms with E-state index in [1.54, 1.807) is 29.3 Å². The Balaban J connectivity index is 1.87. The molecule has 1 amide bonds. The maximum atomic E-state index is 13.5. The van der Waals surface area contributed by atoms with Gasteiger partial charge in [-0.3, -0.25) is 18.8 Å². The lowest BCUT2D eigenvalue weighted by atomic mass is 10.0. The van der Waals surface area contributed by atoms with Crippen molar-refractivity contribution < 1.29 is 9.59 Å². The van der Waals surface area contributed by atoms with E-state index in [-0.39, 0.29) is 23.8 Å². The number of benzene rings is 2. The van der Waals surface area contributed by atoms with Gasteiger partial charge in [0.05, 0.1) is 17.6 Å². The second kappa shape index (κ2) is 7.11. The summed E-state index contributed by atoms with van der Waals surface area (Å²) in [5, 5.41) is 2.11. The number of likely N-dealkylation sites (tertiary alicyclic amines) is 1. The maximum absolute atomic E-state index is 13.5. The van der Waals surface area contributed by atoms with Gasteiger partial charge in [-0.1, -0.05) is 48.0 Å². The van der Waals surface area contributed by atoms with Gasteiger partial charge in [-0.15, -0.1) is 0 Å². The zero-order chi connectivity index (χ0) is 20.8. The molecule has 0 bridgehead atoms. The van der Waals surface area contributed by atoms with E-state index in [1.165, 1.54) is 4.40 Å². The normalized spacial score (nSPS) is 14.0. The number of carbonyl (C=O) groups excluding carboxylic acids is 2. The average molecular weight is 417 g/mol. The van der Waals surface area contributed by atoms with Crippen LogP contribution in [0, 0.1) is 0 Å². The lowest BCUT2D eigenvalue weighted by Gasteiger charge is -2.18. The summed E-state index contributed by atoms with van der Waals surface area (Å²) in [6.45, 7) is 0.478. The number of carbonyl (C=O) groups is 2. The molecule has 1 aliphatic rings. The molecule has 1 aliphatic heterocycles. The molecule has 0 saturated carbocycles. The minimum absolute atomic E-state index is 0.0388. The van der Waals surface area contributed by atoms with Gasteiger partial charge in [0.25, 0.3) is 11.5 Å². The van der Waals surface area contributed by atoms with Crippen molar-refractivity contribution in [3.8, 4) is 11.1 Å². The molecule has 5 nitrogen and oxygen atoms in total. The van der Waals surface area contributed by atoms with Crippen molar-refractivity contribution in [3.05, 3.63) is 87.8 Å². The van der Waals surface area contributed by atoms with Crippen LogP contribution in [0.4, 0.5) is 0 Å². The molecule has 2 aromatic heterocycles. The summed E-state index contributed by atoms with van der Waals surface area (Å²) in [7, 11) is 0. The largest absolute Gasteiger partial charge is 0.331 e. The standard InChI is InChI=1S/C24H17ClN2O3/c25-17-7-6-16-8-11-27-22(19(16)12-17)21(23(29)26-10-9-18(28)14-26)13-20(24(27)30)15-4-2-1-3-5-15/h1-8,11-13H,9-10,14H2. The smallest absolute Gasteiger partial charge is 0.263 e. The van der Waals surface area contributed by atoms with Crippen molar-refractivity contribution in [2.24, 2.45) is 0 Å². The number of rotatable bonds is 2. The number of pyridine rings is 2. The molecular formula is C24H17ClN2O3. The van der Waals surface area contributed by atoms with Crippen LogP contribution < -0.4 is 5.56 Å². The Morgan fingerprint density at radius 1 is 0.967 bits per heavy atom. The zero-order valence-electron chi connectivity index (χ0n) is 16.0. The highest BCUT2D eigenvalue weighted by Gasteiger charge is 2.28. The predicted molar refractivity (Wildman–Crippen MR) is 117 cm³/mol. The summed E-state index contributed by atoms with van der Waals surface area (Å²) in [5.41, 5.74) is 1.84. The summed E-state index contributed by atoms with van der Waals surface area (Å²) >= 11 is 6.24. The van der Waals surface area contributed by atoms with Gasteiger partial charge in [0.2, 0.25) is 0 Å². The average Bonchev–Trinajstić information content (AvgIpc) is 3.20. The first-order chi connectivity index (χ1) is 14.5. The second-order valence-corrected chi connectivity index (χ2v) is 7.86. The third kappa shape index (κ3) is 2.99. The van der Waals surface area contributed by atoms with E-state index in [4.69, 9.17) is 11.6 Å². The molecule has 0 aliphatic carbocycles. The summed E-state index contributed by atoms with van der Waals surface area (Å²) in [4.78, 5) is 40.1. The molecular weight excluding hydrogens is 400 g/mol. The summed E-state index contributed by atoms with van der Waals surface area (Å²) < 4.78 is 1.51. The van der Waals surface area contributed by atoms with Crippen molar-refractivity contribution in [1.29, 1.82) is 0 Å². The van der Waals surface area contributed by atoms with E-state index in [0.29, 0.717) is 34.6 Å². The Bertz CT molecular complexity index is 1390. The number of ketones is 1.